The molecular weight excluding hydrogens is 258 g/mol. The summed E-state index contributed by atoms with van der Waals surface area (Å²) in [6.07, 6.45) is 5.05. The summed E-state index contributed by atoms with van der Waals surface area (Å²) < 4.78 is 2.04. The van der Waals surface area contributed by atoms with Crippen molar-refractivity contribution < 1.29 is 0 Å². The van der Waals surface area contributed by atoms with Crippen LogP contribution in [0, 0.1) is 0 Å². The Balaban J connectivity index is 2.02. The SMILES string of the molecule is Cn1c(C2CCCC2)nc(-c2ccc(Cl)cc2)c1N. The van der Waals surface area contributed by atoms with Crippen LogP contribution in [0.25, 0.3) is 11.3 Å². The smallest absolute Gasteiger partial charge is 0.131 e. The Morgan fingerprint density at radius 1 is 1.21 bits per heavy atom. The molecule has 1 fully saturated rings. The molecule has 19 heavy (non-hydrogen) atoms. The van der Waals surface area contributed by atoms with E-state index in [2.05, 4.69) is 0 Å². The Hall–Kier alpha value is -1.48. The lowest BCUT2D eigenvalue weighted by molar-refractivity contribution is 0.635. The topological polar surface area (TPSA) is 43.8 Å². The number of benzene rings is 1. The average molecular weight is 276 g/mol. The molecule has 3 rings (SSSR count). The molecule has 0 amide bonds. The summed E-state index contributed by atoms with van der Waals surface area (Å²) in [6.45, 7) is 0. The monoisotopic (exact) mass is 275 g/mol. The molecule has 1 heterocycles. The summed E-state index contributed by atoms with van der Waals surface area (Å²) in [4.78, 5) is 4.79. The number of hydrogen-bond acceptors (Lipinski definition) is 2. The van der Waals surface area contributed by atoms with Gasteiger partial charge in [0.15, 0.2) is 0 Å². The summed E-state index contributed by atoms with van der Waals surface area (Å²) in [5.74, 6) is 2.43. The van der Waals surface area contributed by atoms with Gasteiger partial charge in [0.25, 0.3) is 0 Å². The molecule has 2 N–H and O–H groups in total. The Bertz CT molecular complexity index is 580. The third-order valence-corrected chi connectivity index (χ3v) is 4.26. The van der Waals surface area contributed by atoms with Gasteiger partial charge in [0, 0.05) is 23.6 Å². The molecule has 0 aliphatic heterocycles. The minimum absolute atomic E-state index is 0.563. The second kappa shape index (κ2) is 4.89. The Morgan fingerprint density at radius 2 is 1.84 bits per heavy atom. The lowest BCUT2D eigenvalue weighted by Gasteiger charge is -2.08. The molecule has 100 valence electrons. The van der Waals surface area contributed by atoms with Gasteiger partial charge in [0.05, 0.1) is 0 Å². The number of hydrogen-bond donors (Lipinski definition) is 1. The molecule has 3 nitrogen and oxygen atoms in total. The third kappa shape index (κ3) is 2.23. The van der Waals surface area contributed by atoms with Gasteiger partial charge in [-0.2, -0.15) is 0 Å². The molecular formula is C15H18ClN3. The van der Waals surface area contributed by atoms with Crippen LogP contribution in [0.3, 0.4) is 0 Å². The molecule has 0 bridgehead atoms. The van der Waals surface area contributed by atoms with E-state index in [0.717, 1.165) is 27.9 Å². The average Bonchev–Trinajstić information content (AvgIpc) is 3.02. The van der Waals surface area contributed by atoms with Crippen LogP contribution >= 0.6 is 11.6 Å². The van der Waals surface area contributed by atoms with Crippen LogP contribution < -0.4 is 5.73 Å². The molecule has 1 aromatic carbocycles. The summed E-state index contributed by atoms with van der Waals surface area (Å²) >= 11 is 5.92. The number of anilines is 1. The minimum Gasteiger partial charge on any atom is -0.383 e. The highest BCUT2D eigenvalue weighted by atomic mass is 35.5. The molecule has 4 heteroatoms. The molecule has 0 saturated heterocycles. The summed E-state index contributed by atoms with van der Waals surface area (Å²) in [6, 6.07) is 7.69. The van der Waals surface area contributed by atoms with Gasteiger partial charge in [-0.05, 0) is 25.0 Å². The standard InChI is InChI=1S/C15H18ClN3/c1-19-14(17)13(10-6-8-12(16)9-7-10)18-15(19)11-4-2-3-5-11/h6-9,11H,2-5,17H2,1H3. The molecule has 1 aliphatic rings. The van der Waals surface area contributed by atoms with E-state index in [-0.39, 0.29) is 0 Å². The second-order valence-electron chi connectivity index (χ2n) is 5.25. The molecule has 1 aromatic heterocycles. The summed E-state index contributed by atoms with van der Waals surface area (Å²) in [5, 5.41) is 0.731. The van der Waals surface area contributed by atoms with Gasteiger partial charge in [-0.3, -0.25) is 0 Å². The number of rotatable bonds is 2. The summed E-state index contributed by atoms with van der Waals surface area (Å²) in [5.41, 5.74) is 8.11. The first kappa shape index (κ1) is 12.5. The first-order chi connectivity index (χ1) is 9.16. The van der Waals surface area contributed by atoms with E-state index in [4.69, 9.17) is 22.3 Å². The van der Waals surface area contributed by atoms with Gasteiger partial charge >= 0.3 is 0 Å². The fourth-order valence-corrected chi connectivity index (χ4v) is 3.02. The minimum atomic E-state index is 0.563. The second-order valence-corrected chi connectivity index (χ2v) is 5.69. The first-order valence-electron chi connectivity index (χ1n) is 6.75. The van der Waals surface area contributed by atoms with Crippen molar-refractivity contribution >= 4 is 17.4 Å². The van der Waals surface area contributed by atoms with E-state index in [1.807, 2.05) is 35.9 Å². The van der Waals surface area contributed by atoms with Crippen molar-refractivity contribution in [1.29, 1.82) is 0 Å². The zero-order chi connectivity index (χ0) is 13.4. The molecule has 0 spiro atoms. The number of nitrogens with two attached hydrogens (primary N) is 1. The molecule has 0 unspecified atom stereocenters. The van der Waals surface area contributed by atoms with E-state index in [9.17, 15) is 0 Å². The highest BCUT2D eigenvalue weighted by Crippen LogP contribution is 2.36. The van der Waals surface area contributed by atoms with Gasteiger partial charge in [-0.25, -0.2) is 4.98 Å². The maximum atomic E-state index is 6.21. The normalized spacial score (nSPS) is 16.1. The largest absolute Gasteiger partial charge is 0.383 e. The lowest BCUT2D eigenvalue weighted by atomic mass is 10.1. The first-order valence-corrected chi connectivity index (χ1v) is 7.12. The van der Waals surface area contributed by atoms with Crippen LogP contribution in [0.1, 0.15) is 37.4 Å². The summed E-state index contributed by atoms with van der Waals surface area (Å²) in [7, 11) is 2.01. The van der Waals surface area contributed by atoms with Crippen molar-refractivity contribution in [3.05, 3.63) is 35.1 Å². The fraction of sp³-hybridized carbons (Fsp3) is 0.400. The highest BCUT2D eigenvalue weighted by Gasteiger charge is 2.24. The molecule has 2 aromatic rings. The molecule has 1 saturated carbocycles. The quantitative estimate of drug-likeness (QED) is 0.901. The van der Waals surface area contributed by atoms with Gasteiger partial charge in [0.1, 0.15) is 17.3 Å². The lowest BCUT2D eigenvalue weighted by Crippen LogP contribution is -2.05. The molecule has 0 radical (unpaired) electrons. The van der Waals surface area contributed by atoms with Crippen LogP contribution in [0.5, 0.6) is 0 Å². The van der Waals surface area contributed by atoms with Crippen LogP contribution in [0.15, 0.2) is 24.3 Å². The number of halogens is 1. The van der Waals surface area contributed by atoms with Gasteiger partial charge in [-0.1, -0.05) is 36.6 Å². The zero-order valence-electron chi connectivity index (χ0n) is 11.1. The maximum absolute atomic E-state index is 6.21. The van der Waals surface area contributed by atoms with Crippen LogP contribution in [0.2, 0.25) is 5.02 Å². The predicted molar refractivity (Wildman–Crippen MR) is 79.3 cm³/mol. The number of nitrogen functional groups attached to an aromatic ring is 1. The number of imidazole rings is 1. The van der Waals surface area contributed by atoms with Crippen molar-refractivity contribution in [1.82, 2.24) is 9.55 Å². The van der Waals surface area contributed by atoms with Crippen molar-refractivity contribution in [2.24, 2.45) is 7.05 Å². The van der Waals surface area contributed by atoms with Crippen molar-refractivity contribution in [3.8, 4) is 11.3 Å². The molecule has 0 atom stereocenters. The van der Waals surface area contributed by atoms with Crippen LogP contribution in [-0.2, 0) is 7.05 Å². The van der Waals surface area contributed by atoms with Crippen LogP contribution in [-0.4, -0.2) is 9.55 Å². The molecule has 1 aliphatic carbocycles. The van der Waals surface area contributed by atoms with E-state index >= 15 is 0 Å². The number of nitrogens with zero attached hydrogens (tertiary/aromatic N) is 2. The predicted octanol–water partition coefficient (Wildman–Crippen LogP) is 3.98. The Morgan fingerprint density at radius 3 is 2.47 bits per heavy atom. The Labute approximate surface area is 118 Å². The van der Waals surface area contributed by atoms with Gasteiger partial charge in [0.2, 0.25) is 0 Å². The zero-order valence-corrected chi connectivity index (χ0v) is 11.8. The van der Waals surface area contributed by atoms with E-state index < -0.39 is 0 Å². The van der Waals surface area contributed by atoms with Gasteiger partial charge < -0.3 is 10.3 Å². The maximum Gasteiger partial charge on any atom is 0.131 e. The van der Waals surface area contributed by atoms with E-state index in [1.54, 1.807) is 0 Å². The van der Waals surface area contributed by atoms with E-state index in [0.29, 0.717) is 5.92 Å². The number of aromatic nitrogens is 2. The Kier molecular flexibility index (Phi) is 3.23. The van der Waals surface area contributed by atoms with Crippen molar-refractivity contribution in [3.63, 3.8) is 0 Å². The fourth-order valence-electron chi connectivity index (χ4n) is 2.90. The van der Waals surface area contributed by atoms with Crippen molar-refractivity contribution in [2.45, 2.75) is 31.6 Å². The van der Waals surface area contributed by atoms with Crippen LogP contribution in [0.4, 0.5) is 5.82 Å². The third-order valence-electron chi connectivity index (χ3n) is 4.01. The van der Waals surface area contributed by atoms with Gasteiger partial charge in [-0.15, -0.1) is 0 Å². The van der Waals surface area contributed by atoms with E-state index in [1.165, 1.54) is 25.7 Å². The highest BCUT2D eigenvalue weighted by molar-refractivity contribution is 6.30. The van der Waals surface area contributed by atoms with Crippen molar-refractivity contribution in [2.75, 3.05) is 5.73 Å².